The molecular formula is C62H66N2O12. The summed E-state index contributed by atoms with van der Waals surface area (Å²) in [6, 6.07) is 37.1. The second kappa shape index (κ2) is 25.8. The summed E-state index contributed by atoms with van der Waals surface area (Å²) in [6.07, 6.45) is 1.50. The van der Waals surface area contributed by atoms with Crippen LogP contribution in [0.4, 0.5) is 0 Å². The highest BCUT2D eigenvalue weighted by Gasteiger charge is 2.21. The van der Waals surface area contributed by atoms with E-state index >= 15 is 0 Å². The van der Waals surface area contributed by atoms with Crippen molar-refractivity contribution in [2.75, 3.05) is 82.9 Å². The number of aryl methyl sites for hydroxylation is 2. The number of rotatable bonds is 22. The van der Waals surface area contributed by atoms with E-state index < -0.39 is 11.3 Å². The zero-order chi connectivity index (χ0) is 54.5. The Kier molecular flexibility index (Phi) is 18.9. The Morgan fingerprint density at radius 2 is 0.868 bits per heavy atom. The highest BCUT2D eigenvalue weighted by molar-refractivity contribution is 6.00. The lowest BCUT2D eigenvalue weighted by atomic mass is 9.97. The van der Waals surface area contributed by atoms with Gasteiger partial charge < -0.3 is 47.1 Å². The normalized spacial score (nSPS) is 11.1. The molecule has 0 atom stereocenters. The minimum atomic E-state index is -0.582. The highest BCUT2D eigenvalue weighted by Crippen LogP contribution is 2.38. The molecule has 14 heteroatoms. The molecule has 0 saturated carbocycles. The summed E-state index contributed by atoms with van der Waals surface area (Å²) in [4.78, 5) is 56.5. The minimum Gasteiger partial charge on any atom is -0.496 e. The molecule has 0 N–H and O–H groups in total. The lowest BCUT2D eigenvalue weighted by Crippen LogP contribution is -2.15. The van der Waals surface area contributed by atoms with Crippen LogP contribution in [0.15, 0.2) is 140 Å². The van der Waals surface area contributed by atoms with Crippen molar-refractivity contribution in [2.24, 2.45) is 0 Å². The summed E-state index contributed by atoms with van der Waals surface area (Å²) < 4.78 is 45.1. The van der Waals surface area contributed by atoms with Gasteiger partial charge in [0.2, 0.25) is 11.5 Å². The molecule has 8 rings (SSSR count). The summed E-state index contributed by atoms with van der Waals surface area (Å²) in [5.41, 5.74) is 6.70. The van der Waals surface area contributed by atoms with Crippen LogP contribution in [-0.4, -0.2) is 104 Å². The van der Waals surface area contributed by atoms with Crippen molar-refractivity contribution < 1.29 is 46.8 Å². The SMILES string of the molecule is COc1ccc(C(=O)Cc2cc3ccc(OCCCN(C)C)c(OC)c3oc2=O)cc1-c1cccc(C)c1.COc1ccc(C(=O)Cc2cc3ccc(OCCCN(C)C)c(OC)c3oc2=O)cc1-c1cccc(C)c1. The summed E-state index contributed by atoms with van der Waals surface area (Å²) >= 11 is 0. The first-order valence-electron chi connectivity index (χ1n) is 25.0. The average molecular weight is 1030 g/mol. The average Bonchev–Trinajstić information content (AvgIpc) is 3.41. The van der Waals surface area contributed by atoms with Crippen LogP contribution in [0, 0.1) is 13.8 Å². The number of hydrogen-bond acceptors (Lipinski definition) is 14. The number of carbonyl (C=O) groups is 2. The summed E-state index contributed by atoms with van der Waals surface area (Å²) in [5, 5.41) is 1.31. The molecule has 0 radical (unpaired) electrons. The maximum Gasteiger partial charge on any atom is 0.340 e. The van der Waals surface area contributed by atoms with E-state index in [0.29, 0.717) is 80.8 Å². The second-order valence-electron chi connectivity index (χ2n) is 18.9. The quantitative estimate of drug-likeness (QED) is 0.0359. The fraction of sp³-hybridized carbons (Fsp3) is 0.290. The third kappa shape index (κ3) is 13.7. The van der Waals surface area contributed by atoms with Crippen molar-refractivity contribution in [1.29, 1.82) is 0 Å². The van der Waals surface area contributed by atoms with Crippen LogP contribution in [-0.2, 0) is 12.8 Å². The number of nitrogens with zero attached hydrogens (tertiary/aromatic N) is 2. The number of fused-ring (bicyclic) bond motifs is 2. The Labute approximate surface area is 443 Å². The molecule has 0 saturated heterocycles. The predicted octanol–water partition coefficient (Wildman–Crippen LogP) is 11.1. The predicted molar refractivity (Wildman–Crippen MR) is 298 cm³/mol. The van der Waals surface area contributed by atoms with E-state index in [2.05, 4.69) is 9.80 Å². The number of benzene rings is 6. The van der Waals surface area contributed by atoms with E-state index in [4.69, 9.17) is 37.3 Å². The monoisotopic (exact) mass is 1030 g/mol. The molecule has 8 aromatic rings. The van der Waals surface area contributed by atoms with Gasteiger partial charge in [0.15, 0.2) is 34.2 Å². The minimum absolute atomic E-state index is 0.0943. The summed E-state index contributed by atoms with van der Waals surface area (Å²) in [7, 11) is 14.2. The van der Waals surface area contributed by atoms with Gasteiger partial charge in [0.1, 0.15) is 11.5 Å². The number of carbonyl (C=O) groups excluding carboxylic acids is 2. The molecule has 0 aliphatic carbocycles. The topological polar surface area (TPSA) is 156 Å². The van der Waals surface area contributed by atoms with Gasteiger partial charge in [-0.1, -0.05) is 59.7 Å². The third-order valence-electron chi connectivity index (χ3n) is 12.6. The molecule has 14 nitrogen and oxygen atoms in total. The first-order chi connectivity index (χ1) is 36.6. The van der Waals surface area contributed by atoms with E-state index in [1.165, 1.54) is 14.2 Å². The number of ketones is 2. The van der Waals surface area contributed by atoms with Crippen LogP contribution < -0.4 is 39.7 Å². The second-order valence-corrected chi connectivity index (χ2v) is 18.9. The van der Waals surface area contributed by atoms with E-state index in [-0.39, 0.29) is 35.5 Å². The summed E-state index contributed by atoms with van der Waals surface area (Å²) in [5.74, 6) is 2.69. The van der Waals surface area contributed by atoms with E-state index in [1.807, 2.05) is 103 Å². The molecule has 2 aromatic heterocycles. The van der Waals surface area contributed by atoms with Crippen LogP contribution >= 0.6 is 0 Å². The third-order valence-corrected chi connectivity index (χ3v) is 12.6. The molecular weight excluding hydrogens is 965 g/mol. The largest absolute Gasteiger partial charge is 0.496 e. The first-order valence-corrected chi connectivity index (χ1v) is 25.0. The number of hydrogen-bond donors (Lipinski definition) is 0. The molecule has 0 aliphatic rings. The Balaban J connectivity index is 0.000000221. The molecule has 0 aliphatic heterocycles. The van der Waals surface area contributed by atoms with Crippen molar-refractivity contribution in [3.63, 3.8) is 0 Å². The van der Waals surface area contributed by atoms with Crippen molar-refractivity contribution in [3.8, 4) is 56.8 Å². The fourth-order valence-electron chi connectivity index (χ4n) is 8.74. The van der Waals surface area contributed by atoms with Crippen molar-refractivity contribution >= 4 is 33.5 Å². The standard InChI is InChI=1S/2C31H33NO6/c2*1-20-8-6-9-21(16-20)25-18-22(10-12-27(25)35-4)26(33)19-24-17-23-11-13-28(37-15-7-14-32(2)3)30(36-5)29(23)38-31(24)34/h2*6,8-13,16-18H,7,14-15,19H2,1-5H3. The van der Waals surface area contributed by atoms with Gasteiger partial charge in [0, 0.05) is 70.1 Å². The van der Waals surface area contributed by atoms with E-state index in [1.54, 1.807) is 74.9 Å². The Morgan fingerprint density at radius 3 is 1.22 bits per heavy atom. The van der Waals surface area contributed by atoms with Gasteiger partial charge in [-0.15, -0.1) is 0 Å². The lowest BCUT2D eigenvalue weighted by molar-refractivity contribution is 0.0984. The van der Waals surface area contributed by atoms with Gasteiger partial charge in [-0.3, -0.25) is 9.59 Å². The number of ether oxygens (including phenoxy) is 6. The van der Waals surface area contributed by atoms with Crippen molar-refractivity contribution in [2.45, 2.75) is 39.5 Å². The lowest BCUT2D eigenvalue weighted by Gasteiger charge is -2.14. The summed E-state index contributed by atoms with van der Waals surface area (Å²) in [6.45, 7) is 6.82. The van der Waals surface area contributed by atoms with Crippen molar-refractivity contribution in [3.05, 3.63) is 176 Å². The smallest absolute Gasteiger partial charge is 0.340 e. The number of methoxy groups -OCH3 is 4. The van der Waals surface area contributed by atoms with E-state index in [0.717, 1.165) is 59.3 Å². The van der Waals surface area contributed by atoms with Crippen LogP contribution in [0.1, 0.15) is 55.8 Å². The zero-order valence-electron chi connectivity index (χ0n) is 45.0. The number of Topliss-reactive ketones (excluding diaryl/α,β-unsaturated/α-hetero) is 2. The van der Waals surface area contributed by atoms with Gasteiger partial charge in [-0.25, -0.2) is 9.59 Å². The molecule has 76 heavy (non-hydrogen) atoms. The van der Waals surface area contributed by atoms with Crippen LogP contribution in [0.25, 0.3) is 44.2 Å². The molecule has 0 unspecified atom stereocenters. The van der Waals surface area contributed by atoms with Gasteiger partial charge in [-0.2, -0.15) is 0 Å². The molecule has 0 spiro atoms. The van der Waals surface area contributed by atoms with E-state index in [9.17, 15) is 19.2 Å². The van der Waals surface area contributed by atoms with Crippen LogP contribution in [0.5, 0.6) is 34.5 Å². The van der Waals surface area contributed by atoms with Crippen LogP contribution in [0.3, 0.4) is 0 Å². The van der Waals surface area contributed by atoms with Crippen molar-refractivity contribution in [1.82, 2.24) is 9.80 Å². The Bertz CT molecular complexity index is 3240. The van der Waals surface area contributed by atoms with Gasteiger partial charge in [-0.05, 0) is 139 Å². The molecule has 0 fully saturated rings. The molecule has 6 aromatic carbocycles. The van der Waals surface area contributed by atoms with Gasteiger partial charge in [0.05, 0.1) is 41.7 Å². The Hall–Kier alpha value is -8.20. The van der Waals surface area contributed by atoms with Crippen LogP contribution in [0.2, 0.25) is 0 Å². The highest BCUT2D eigenvalue weighted by atomic mass is 16.5. The fourth-order valence-corrected chi connectivity index (χ4v) is 8.74. The van der Waals surface area contributed by atoms with Gasteiger partial charge in [0.25, 0.3) is 0 Å². The zero-order valence-corrected chi connectivity index (χ0v) is 45.0. The molecule has 2 heterocycles. The Morgan fingerprint density at radius 1 is 0.474 bits per heavy atom. The van der Waals surface area contributed by atoms with Gasteiger partial charge >= 0.3 is 11.3 Å². The molecule has 0 amide bonds. The molecule has 0 bridgehead atoms. The maximum atomic E-state index is 13.3. The maximum absolute atomic E-state index is 13.3. The first kappa shape index (κ1) is 55.5. The molecule has 396 valence electrons.